The van der Waals surface area contributed by atoms with Crippen LogP contribution in [0.3, 0.4) is 0 Å². The van der Waals surface area contributed by atoms with Crippen molar-refractivity contribution in [3.05, 3.63) is 103 Å². The molecule has 6 rings (SSSR count). The molecule has 4 aromatic rings. The molecule has 2 aliphatic heterocycles. The molecule has 3 aromatic carbocycles. The van der Waals surface area contributed by atoms with E-state index in [2.05, 4.69) is 25.4 Å². The Morgan fingerprint density at radius 2 is 1.62 bits per heavy atom. The van der Waals surface area contributed by atoms with Crippen LogP contribution in [0.2, 0.25) is 0 Å². The van der Waals surface area contributed by atoms with Crippen LogP contribution in [0.1, 0.15) is 23.2 Å². The lowest BCUT2D eigenvalue weighted by Gasteiger charge is -2.43. The zero-order valence-corrected chi connectivity index (χ0v) is 21.5. The number of rotatable bonds is 5. The van der Waals surface area contributed by atoms with Crippen LogP contribution in [-0.4, -0.2) is 42.1 Å². The molecule has 0 unspecified atom stereocenters. The molecule has 196 valence electrons. The average molecular weight is 519 g/mol. The lowest BCUT2D eigenvalue weighted by molar-refractivity contribution is -0.124. The molecule has 0 aliphatic carbocycles. The van der Waals surface area contributed by atoms with Gasteiger partial charge < -0.3 is 26.2 Å². The summed E-state index contributed by atoms with van der Waals surface area (Å²) < 4.78 is 0. The van der Waals surface area contributed by atoms with Gasteiger partial charge in [-0.15, -0.1) is 0 Å². The van der Waals surface area contributed by atoms with E-state index in [4.69, 9.17) is 5.73 Å². The summed E-state index contributed by atoms with van der Waals surface area (Å²) in [5, 5.41) is 5.97. The van der Waals surface area contributed by atoms with Gasteiger partial charge in [-0.1, -0.05) is 54.6 Å². The molecule has 2 aliphatic rings. The van der Waals surface area contributed by atoms with Gasteiger partial charge in [-0.05, 0) is 60.4 Å². The second-order valence-electron chi connectivity index (χ2n) is 9.97. The standard InChI is InChI=1S/C31H30N6O2/c32-26-13-11-23(22-7-3-1-4-8-22)19-27(26)35-29(38)24-12-14-28(33-20-24)36-17-15-31(16-18-36)30(39)34-21-37(31)25-9-5-2-6-10-25/h1-14,19-20H,15-18,21,32H2,(H,34,39)(H,35,38). The highest BCUT2D eigenvalue weighted by atomic mass is 16.2. The molecule has 0 saturated carbocycles. The molecular formula is C31H30N6O2. The second-order valence-corrected chi connectivity index (χ2v) is 9.97. The number of amides is 2. The predicted octanol–water partition coefficient (Wildman–Crippen LogP) is 4.52. The van der Waals surface area contributed by atoms with Gasteiger partial charge in [0.25, 0.3) is 5.91 Å². The second kappa shape index (κ2) is 10.1. The first kappa shape index (κ1) is 24.5. The first-order chi connectivity index (χ1) is 19.0. The molecule has 0 radical (unpaired) electrons. The van der Waals surface area contributed by atoms with Gasteiger partial charge in [0.05, 0.1) is 23.6 Å². The zero-order valence-electron chi connectivity index (χ0n) is 21.5. The minimum absolute atomic E-state index is 0.0848. The number of piperidine rings is 1. The van der Waals surface area contributed by atoms with Gasteiger partial charge in [-0.3, -0.25) is 9.59 Å². The van der Waals surface area contributed by atoms with E-state index in [1.807, 2.05) is 78.9 Å². The molecule has 2 saturated heterocycles. The Balaban J connectivity index is 1.13. The van der Waals surface area contributed by atoms with Crippen LogP contribution in [0.15, 0.2) is 97.2 Å². The molecule has 8 heteroatoms. The number of aromatic nitrogens is 1. The number of anilines is 4. The van der Waals surface area contributed by atoms with Crippen molar-refractivity contribution in [2.45, 2.75) is 18.4 Å². The van der Waals surface area contributed by atoms with E-state index in [9.17, 15) is 9.59 Å². The number of hydrogen-bond acceptors (Lipinski definition) is 6. The largest absolute Gasteiger partial charge is 0.397 e. The molecule has 8 nitrogen and oxygen atoms in total. The fourth-order valence-electron chi connectivity index (χ4n) is 5.51. The van der Waals surface area contributed by atoms with Crippen molar-refractivity contribution in [1.82, 2.24) is 10.3 Å². The Morgan fingerprint density at radius 3 is 2.31 bits per heavy atom. The van der Waals surface area contributed by atoms with Crippen molar-refractivity contribution < 1.29 is 9.59 Å². The maximum Gasteiger partial charge on any atom is 0.257 e. The van der Waals surface area contributed by atoms with Gasteiger partial charge in [-0.2, -0.15) is 0 Å². The maximum atomic E-state index is 13.0. The molecule has 0 bridgehead atoms. The number of para-hydroxylation sites is 1. The van der Waals surface area contributed by atoms with Gasteiger partial charge >= 0.3 is 0 Å². The lowest BCUT2D eigenvalue weighted by Crippen LogP contribution is -2.56. The number of carbonyl (C=O) groups excluding carboxylic acids is 2. The SMILES string of the molecule is Nc1ccc(-c2ccccc2)cc1NC(=O)c1ccc(N2CCC3(CC2)C(=O)NCN3c2ccccc2)nc1. The molecular weight excluding hydrogens is 488 g/mol. The van der Waals surface area contributed by atoms with Crippen LogP contribution in [0, 0.1) is 0 Å². The summed E-state index contributed by atoms with van der Waals surface area (Å²) in [6.07, 6.45) is 2.97. The van der Waals surface area contributed by atoms with Crippen molar-refractivity contribution in [2.75, 3.05) is 40.6 Å². The Morgan fingerprint density at radius 1 is 0.897 bits per heavy atom. The van der Waals surface area contributed by atoms with Crippen LogP contribution in [-0.2, 0) is 4.79 Å². The summed E-state index contributed by atoms with van der Waals surface area (Å²) in [5.41, 5.74) is 10.2. The van der Waals surface area contributed by atoms with E-state index in [1.54, 1.807) is 18.3 Å². The molecule has 2 fully saturated rings. The van der Waals surface area contributed by atoms with Crippen LogP contribution < -0.4 is 26.2 Å². The average Bonchev–Trinajstić information content (AvgIpc) is 3.30. The van der Waals surface area contributed by atoms with Gasteiger partial charge in [0, 0.05) is 25.0 Å². The van der Waals surface area contributed by atoms with E-state index in [1.165, 1.54) is 0 Å². The Bertz CT molecular complexity index is 1480. The highest BCUT2D eigenvalue weighted by molar-refractivity contribution is 6.06. The van der Waals surface area contributed by atoms with Crippen LogP contribution >= 0.6 is 0 Å². The molecule has 1 spiro atoms. The van der Waals surface area contributed by atoms with Gasteiger partial charge in [0.2, 0.25) is 5.91 Å². The Hall–Kier alpha value is -4.85. The Kier molecular flexibility index (Phi) is 6.36. The van der Waals surface area contributed by atoms with Crippen LogP contribution in [0.25, 0.3) is 11.1 Å². The number of hydrogen-bond donors (Lipinski definition) is 3. The molecule has 0 atom stereocenters. The van der Waals surface area contributed by atoms with Crippen molar-refractivity contribution in [2.24, 2.45) is 0 Å². The third-order valence-electron chi connectivity index (χ3n) is 7.74. The van der Waals surface area contributed by atoms with E-state index < -0.39 is 5.54 Å². The van der Waals surface area contributed by atoms with Crippen molar-refractivity contribution in [1.29, 1.82) is 0 Å². The summed E-state index contributed by atoms with van der Waals surface area (Å²) in [5.74, 6) is 0.600. The smallest absolute Gasteiger partial charge is 0.257 e. The number of benzene rings is 3. The first-order valence-corrected chi connectivity index (χ1v) is 13.1. The summed E-state index contributed by atoms with van der Waals surface area (Å²) in [6, 6.07) is 29.3. The molecule has 2 amide bonds. The number of nitrogen functional groups attached to an aromatic ring is 1. The van der Waals surface area contributed by atoms with Crippen LogP contribution in [0.5, 0.6) is 0 Å². The third kappa shape index (κ3) is 4.65. The van der Waals surface area contributed by atoms with Gasteiger partial charge in [0.1, 0.15) is 11.4 Å². The van der Waals surface area contributed by atoms with Crippen LogP contribution in [0.4, 0.5) is 22.9 Å². The molecule has 1 aromatic heterocycles. The van der Waals surface area contributed by atoms with Gasteiger partial charge in [0.15, 0.2) is 0 Å². The highest BCUT2D eigenvalue weighted by Gasteiger charge is 2.50. The predicted molar refractivity (Wildman–Crippen MR) is 155 cm³/mol. The zero-order chi connectivity index (χ0) is 26.8. The summed E-state index contributed by atoms with van der Waals surface area (Å²) in [6.45, 7) is 1.90. The number of nitrogens with two attached hydrogens (primary N) is 1. The highest BCUT2D eigenvalue weighted by Crippen LogP contribution is 2.37. The maximum absolute atomic E-state index is 13.0. The topological polar surface area (TPSA) is 104 Å². The summed E-state index contributed by atoms with van der Waals surface area (Å²) in [7, 11) is 0. The lowest BCUT2D eigenvalue weighted by atomic mass is 9.85. The summed E-state index contributed by atoms with van der Waals surface area (Å²) in [4.78, 5) is 34.9. The minimum atomic E-state index is -0.550. The monoisotopic (exact) mass is 518 g/mol. The van der Waals surface area contributed by atoms with E-state index in [0.717, 1.165) is 22.6 Å². The molecule has 3 heterocycles. The normalized spacial score (nSPS) is 16.3. The Labute approximate surface area is 227 Å². The molecule has 39 heavy (non-hydrogen) atoms. The molecule has 4 N–H and O–H groups in total. The number of nitrogens with one attached hydrogen (secondary N) is 2. The number of nitrogens with zero attached hydrogens (tertiary/aromatic N) is 3. The van der Waals surface area contributed by atoms with Crippen molar-refractivity contribution in [3.63, 3.8) is 0 Å². The van der Waals surface area contributed by atoms with E-state index >= 15 is 0 Å². The third-order valence-corrected chi connectivity index (χ3v) is 7.74. The summed E-state index contributed by atoms with van der Waals surface area (Å²) >= 11 is 0. The fraction of sp³-hybridized carbons (Fsp3) is 0.194. The minimum Gasteiger partial charge on any atom is -0.397 e. The van der Waals surface area contributed by atoms with E-state index in [-0.39, 0.29) is 11.8 Å². The first-order valence-electron chi connectivity index (χ1n) is 13.1. The number of carbonyl (C=O) groups is 2. The quantitative estimate of drug-likeness (QED) is 0.336. The number of pyridine rings is 1. The van der Waals surface area contributed by atoms with Gasteiger partial charge in [-0.25, -0.2) is 4.98 Å². The van der Waals surface area contributed by atoms with E-state index in [0.29, 0.717) is 49.5 Å². The van der Waals surface area contributed by atoms with Crippen molar-refractivity contribution >= 4 is 34.7 Å². The van der Waals surface area contributed by atoms with Crippen molar-refractivity contribution in [3.8, 4) is 11.1 Å². The fourth-order valence-corrected chi connectivity index (χ4v) is 5.51.